The summed E-state index contributed by atoms with van der Waals surface area (Å²) in [7, 11) is 0. The van der Waals surface area contributed by atoms with E-state index in [9.17, 15) is 27.6 Å². The lowest BCUT2D eigenvalue weighted by atomic mass is 10.1. The lowest BCUT2D eigenvalue weighted by molar-refractivity contribution is -0.197. The predicted octanol–water partition coefficient (Wildman–Crippen LogP) is 3.70. The third-order valence-corrected chi connectivity index (χ3v) is 4.94. The number of alkyl halides is 3. The number of benzene rings is 2. The summed E-state index contributed by atoms with van der Waals surface area (Å²) in [6, 6.07) is 8.42. The standard InChI is InChI=1S/C19H15ClF3N3O3/c1-10-7-8-12(9-11(10)2)26-16(28)18(19(21,22)23,25-17(26)29)24-15(27)13-5-3-4-6-14(13)20/h3-9H,1-2H3,(H,24,27)(H,25,29)/t18-/m0/s1. The summed E-state index contributed by atoms with van der Waals surface area (Å²) < 4.78 is 41.8. The second-order valence-corrected chi connectivity index (χ2v) is 6.93. The third kappa shape index (κ3) is 3.42. The van der Waals surface area contributed by atoms with Crippen molar-refractivity contribution in [2.75, 3.05) is 4.90 Å². The van der Waals surface area contributed by atoms with Gasteiger partial charge in [0.25, 0.3) is 17.5 Å². The molecule has 1 fully saturated rings. The second kappa shape index (κ2) is 7.07. The Morgan fingerprint density at radius 3 is 2.34 bits per heavy atom. The van der Waals surface area contributed by atoms with Crippen LogP contribution in [0.2, 0.25) is 5.02 Å². The molecule has 0 radical (unpaired) electrons. The van der Waals surface area contributed by atoms with Gasteiger partial charge in [-0.2, -0.15) is 13.2 Å². The van der Waals surface area contributed by atoms with Gasteiger partial charge in [-0.15, -0.1) is 0 Å². The second-order valence-electron chi connectivity index (χ2n) is 6.52. The first kappa shape index (κ1) is 20.7. The zero-order valence-corrected chi connectivity index (χ0v) is 16.0. The molecule has 152 valence electrons. The number of anilines is 1. The molecule has 10 heteroatoms. The molecule has 0 bridgehead atoms. The van der Waals surface area contributed by atoms with E-state index in [0.29, 0.717) is 10.5 Å². The highest BCUT2D eigenvalue weighted by Crippen LogP contribution is 2.36. The first-order valence-corrected chi connectivity index (χ1v) is 8.73. The van der Waals surface area contributed by atoms with E-state index in [0.717, 1.165) is 5.56 Å². The zero-order chi connectivity index (χ0) is 21.6. The highest BCUT2D eigenvalue weighted by atomic mass is 35.5. The fourth-order valence-electron chi connectivity index (χ4n) is 2.86. The lowest BCUT2D eigenvalue weighted by Crippen LogP contribution is -2.69. The molecule has 1 aliphatic heterocycles. The Labute approximate surface area is 168 Å². The van der Waals surface area contributed by atoms with Crippen molar-refractivity contribution in [3.05, 3.63) is 64.2 Å². The number of aryl methyl sites for hydroxylation is 2. The summed E-state index contributed by atoms with van der Waals surface area (Å²) in [6.07, 6.45) is -5.31. The first-order valence-electron chi connectivity index (χ1n) is 8.35. The van der Waals surface area contributed by atoms with Crippen LogP contribution in [0, 0.1) is 13.8 Å². The van der Waals surface area contributed by atoms with Gasteiger partial charge in [-0.3, -0.25) is 14.9 Å². The van der Waals surface area contributed by atoms with Crippen LogP contribution in [0.5, 0.6) is 0 Å². The van der Waals surface area contributed by atoms with Crippen molar-refractivity contribution in [3.8, 4) is 0 Å². The fraction of sp³-hybridized carbons (Fsp3) is 0.211. The fourth-order valence-corrected chi connectivity index (χ4v) is 3.08. The number of nitrogens with one attached hydrogen (secondary N) is 2. The molecule has 2 N–H and O–H groups in total. The van der Waals surface area contributed by atoms with Gasteiger partial charge in [-0.25, -0.2) is 9.69 Å². The molecule has 6 nitrogen and oxygen atoms in total. The molecule has 29 heavy (non-hydrogen) atoms. The Balaban J connectivity index is 2.04. The van der Waals surface area contributed by atoms with E-state index in [2.05, 4.69) is 0 Å². The Hall–Kier alpha value is -3.07. The quantitative estimate of drug-likeness (QED) is 0.736. The number of halogens is 4. The molecule has 1 heterocycles. The van der Waals surface area contributed by atoms with Crippen LogP contribution < -0.4 is 15.5 Å². The van der Waals surface area contributed by atoms with Crippen molar-refractivity contribution >= 4 is 35.1 Å². The third-order valence-electron chi connectivity index (χ3n) is 4.61. The summed E-state index contributed by atoms with van der Waals surface area (Å²) in [5.41, 5.74) is -2.44. The summed E-state index contributed by atoms with van der Waals surface area (Å²) >= 11 is 5.86. The van der Waals surface area contributed by atoms with Gasteiger partial charge < -0.3 is 5.32 Å². The van der Waals surface area contributed by atoms with Crippen molar-refractivity contribution in [2.24, 2.45) is 0 Å². The Bertz CT molecular complexity index is 1030. The maximum atomic E-state index is 13.9. The molecular formula is C19H15ClF3N3O3. The number of rotatable bonds is 3. The van der Waals surface area contributed by atoms with Gasteiger partial charge in [-0.1, -0.05) is 29.8 Å². The molecule has 4 amide bonds. The summed E-state index contributed by atoms with van der Waals surface area (Å²) in [5.74, 6) is -2.93. The molecule has 0 spiro atoms. The van der Waals surface area contributed by atoms with Gasteiger partial charge in [0.1, 0.15) is 0 Å². The average Bonchev–Trinajstić information content (AvgIpc) is 2.88. The molecule has 0 aromatic heterocycles. The van der Waals surface area contributed by atoms with Crippen molar-refractivity contribution in [1.29, 1.82) is 0 Å². The molecular weight excluding hydrogens is 411 g/mol. The number of carbonyl (C=O) groups excluding carboxylic acids is 3. The Morgan fingerprint density at radius 2 is 1.76 bits per heavy atom. The summed E-state index contributed by atoms with van der Waals surface area (Å²) in [4.78, 5) is 38.0. The van der Waals surface area contributed by atoms with E-state index in [-0.39, 0.29) is 16.3 Å². The SMILES string of the molecule is Cc1ccc(N2C(=O)N[C@](NC(=O)c3ccccc3Cl)(C(F)(F)F)C2=O)cc1C. The van der Waals surface area contributed by atoms with E-state index in [1.807, 2.05) is 0 Å². The van der Waals surface area contributed by atoms with Gasteiger partial charge in [0.05, 0.1) is 16.3 Å². The summed E-state index contributed by atoms with van der Waals surface area (Å²) in [6.45, 7) is 3.46. The van der Waals surface area contributed by atoms with Crippen LogP contribution in [0.25, 0.3) is 0 Å². The van der Waals surface area contributed by atoms with Crippen LogP contribution in [-0.4, -0.2) is 29.7 Å². The van der Waals surface area contributed by atoms with Gasteiger partial charge >= 0.3 is 12.2 Å². The molecule has 1 aliphatic rings. The predicted molar refractivity (Wildman–Crippen MR) is 99.6 cm³/mol. The van der Waals surface area contributed by atoms with Crippen molar-refractivity contribution < 1.29 is 27.6 Å². The van der Waals surface area contributed by atoms with Crippen LogP contribution >= 0.6 is 11.6 Å². The maximum absolute atomic E-state index is 13.9. The molecule has 1 saturated heterocycles. The number of carbonyl (C=O) groups is 3. The highest BCUT2D eigenvalue weighted by molar-refractivity contribution is 6.34. The van der Waals surface area contributed by atoms with Crippen LogP contribution in [-0.2, 0) is 4.79 Å². The number of amides is 4. The molecule has 0 aliphatic carbocycles. The van der Waals surface area contributed by atoms with Crippen LogP contribution in [0.3, 0.4) is 0 Å². The van der Waals surface area contributed by atoms with E-state index in [1.54, 1.807) is 30.5 Å². The van der Waals surface area contributed by atoms with E-state index >= 15 is 0 Å². The van der Waals surface area contributed by atoms with Crippen LogP contribution in [0.1, 0.15) is 21.5 Å². The van der Waals surface area contributed by atoms with Gasteiger partial charge in [0, 0.05) is 0 Å². The maximum Gasteiger partial charge on any atom is 0.440 e. The van der Waals surface area contributed by atoms with E-state index in [1.165, 1.54) is 36.4 Å². The topological polar surface area (TPSA) is 78.5 Å². The average molecular weight is 426 g/mol. The molecule has 3 rings (SSSR count). The minimum absolute atomic E-state index is 0.0475. The molecule has 1 atom stereocenters. The minimum Gasteiger partial charge on any atom is -0.314 e. The Kier molecular flexibility index (Phi) is 5.04. The van der Waals surface area contributed by atoms with Crippen LogP contribution in [0.4, 0.5) is 23.7 Å². The lowest BCUT2D eigenvalue weighted by Gasteiger charge is -2.30. The van der Waals surface area contributed by atoms with E-state index in [4.69, 9.17) is 11.6 Å². The van der Waals surface area contributed by atoms with Gasteiger partial charge in [-0.05, 0) is 49.2 Å². The Morgan fingerprint density at radius 1 is 1.10 bits per heavy atom. The van der Waals surface area contributed by atoms with Gasteiger partial charge in [0.15, 0.2) is 0 Å². The normalized spacial score (nSPS) is 19.3. The van der Waals surface area contributed by atoms with Crippen molar-refractivity contribution in [1.82, 2.24) is 10.6 Å². The monoisotopic (exact) mass is 425 g/mol. The first-order chi connectivity index (χ1) is 13.5. The van der Waals surface area contributed by atoms with Gasteiger partial charge in [0.2, 0.25) is 0 Å². The van der Waals surface area contributed by atoms with E-state index < -0.39 is 29.7 Å². The molecule has 0 saturated carbocycles. The number of imide groups is 1. The summed E-state index contributed by atoms with van der Waals surface area (Å²) in [5, 5.41) is 3.11. The number of urea groups is 1. The molecule has 0 unspecified atom stereocenters. The van der Waals surface area contributed by atoms with Crippen LogP contribution in [0.15, 0.2) is 42.5 Å². The smallest absolute Gasteiger partial charge is 0.314 e. The molecule has 2 aromatic rings. The number of nitrogens with zero attached hydrogens (tertiary/aromatic N) is 1. The largest absolute Gasteiger partial charge is 0.440 e. The zero-order valence-electron chi connectivity index (χ0n) is 15.2. The minimum atomic E-state index is -5.31. The van der Waals surface area contributed by atoms with Crippen molar-refractivity contribution in [2.45, 2.75) is 25.7 Å². The number of hydrogen-bond donors (Lipinski definition) is 2. The number of hydrogen-bond acceptors (Lipinski definition) is 3. The molecule has 2 aromatic carbocycles. The van der Waals surface area contributed by atoms with Crippen molar-refractivity contribution in [3.63, 3.8) is 0 Å². The highest BCUT2D eigenvalue weighted by Gasteiger charge is 2.69.